The highest BCUT2D eigenvalue weighted by Crippen LogP contribution is 2.34. The highest BCUT2D eigenvalue weighted by atomic mass is 16.5. The number of rotatable bonds is 8. The van der Waals surface area contributed by atoms with Crippen molar-refractivity contribution in [2.24, 2.45) is 5.92 Å². The minimum absolute atomic E-state index is 0.0252. The summed E-state index contributed by atoms with van der Waals surface area (Å²) in [6, 6.07) is 14.0. The largest absolute Gasteiger partial charge is 0.482 e. The van der Waals surface area contributed by atoms with Crippen LogP contribution in [-0.4, -0.2) is 37.4 Å². The van der Waals surface area contributed by atoms with Gasteiger partial charge < -0.3 is 9.84 Å². The summed E-state index contributed by atoms with van der Waals surface area (Å²) in [5, 5.41) is 13.6. The van der Waals surface area contributed by atoms with E-state index in [4.69, 9.17) is 14.9 Å². The second-order valence-electron chi connectivity index (χ2n) is 8.69. The fourth-order valence-electron chi connectivity index (χ4n) is 4.84. The van der Waals surface area contributed by atoms with Gasteiger partial charge >= 0.3 is 5.97 Å². The van der Waals surface area contributed by atoms with E-state index in [9.17, 15) is 4.79 Å². The molecule has 0 amide bonds. The molecule has 1 aliphatic carbocycles. The number of ether oxygens (including phenoxy) is 1. The molecule has 5 rings (SSSR count). The second-order valence-corrected chi connectivity index (χ2v) is 8.69. The number of aliphatic carboxylic acids is 1. The van der Waals surface area contributed by atoms with Gasteiger partial charge in [-0.2, -0.15) is 5.10 Å². The van der Waals surface area contributed by atoms with Gasteiger partial charge in [0, 0.05) is 49.0 Å². The van der Waals surface area contributed by atoms with Crippen molar-refractivity contribution in [3.63, 3.8) is 0 Å². The zero-order valence-corrected chi connectivity index (χ0v) is 18.7. The molecule has 3 heterocycles. The molecule has 0 saturated carbocycles. The molecule has 0 spiro atoms. The standard InChI is InChI=1S/C27H26N4O3/c32-26(33)18-34-25-7-1-4-20-12-19(8-9-24(20)25)16-31-17-23(15-30-31)27(21-5-2-10-28-13-21)22-6-3-11-29-14-22/h1-7,10-11,13-15,17,19,27H,8-9,12,16,18H2,(H,32,33). The lowest BCUT2D eigenvalue weighted by Gasteiger charge is -2.26. The van der Waals surface area contributed by atoms with Gasteiger partial charge in [-0.05, 0) is 65.6 Å². The SMILES string of the molecule is O=C(O)COc1cccc2c1CCC(Cn1cc(C(c3cccnc3)c3cccnc3)cn1)C2. The third-order valence-electron chi connectivity index (χ3n) is 6.36. The summed E-state index contributed by atoms with van der Waals surface area (Å²) in [4.78, 5) is 19.5. The van der Waals surface area contributed by atoms with Gasteiger partial charge in [0.1, 0.15) is 5.75 Å². The van der Waals surface area contributed by atoms with E-state index in [0.29, 0.717) is 11.7 Å². The highest BCUT2D eigenvalue weighted by Gasteiger charge is 2.24. The van der Waals surface area contributed by atoms with Crippen molar-refractivity contribution in [1.29, 1.82) is 0 Å². The van der Waals surface area contributed by atoms with E-state index in [0.717, 1.165) is 48.1 Å². The number of fused-ring (bicyclic) bond motifs is 1. The van der Waals surface area contributed by atoms with E-state index < -0.39 is 5.97 Å². The van der Waals surface area contributed by atoms with E-state index in [-0.39, 0.29) is 12.5 Å². The van der Waals surface area contributed by atoms with Crippen LogP contribution in [0, 0.1) is 5.92 Å². The number of carboxylic acids is 1. The van der Waals surface area contributed by atoms with Crippen molar-refractivity contribution in [3.05, 3.63) is 107 Å². The topological polar surface area (TPSA) is 90.1 Å². The number of carbonyl (C=O) groups is 1. The smallest absolute Gasteiger partial charge is 0.341 e. The predicted octanol–water partition coefficient (Wildman–Crippen LogP) is 4.12. The fourth-order valence-corrected chi connectivity index (χ4v) is 4.84. The quantitative estimate of drug-likeness (QED) is 0.431. The van der Waals surface area contributed by atoms with Crippen molar-refractivity contribution in [2.75, 3.05) is 6.61 Å². The molecule has 0 aliphatic heterocycles. The molecule has 1 aromatic carbocycles. The van der Waals surface area contributed by atoms with E-state index in [2.05, 4.69) is 34.4 Å². The molecule has 4 aromatic rings. The summed E-state index contributed by atoms with van der Waals surface area (Å²) >= 11 is 0. The molecule has 0 fully saturated rings. The Morgan fingerprint density at radius 3 is 2.47 bits per heavy atom. The van der Waals surface area contributed by atoms with Gasteiger partial charge in [-0.3, -0.25) is 14.6 Å². The summed E-state index contributed by atoms with van der Waals surface area (Å²) in [5.41, 5.74) is 5.69. The zero-order valence-electron chi connectivity index (χ0n) is 18.7. The van der Waals surface area contributed by atoms with Crippen LogP contribution in [0.5, 0.6) is 5.75 Å². The molecule has 7 heteroatoms. The first-order chi connectivity index (χ1) is 16.7. The molecule has 172 valence electrons. The monoisotopic (exact) mass is 454 g/mol. The number of aromatic nitrogens is 4. The molecular formula is C27H26N4O3. The maximum atomic E-state index is 10.9. The van der Waals surface area contributed by atoms with Crippen molar-refractivity contribution < 1.29 is 14.6 Å². The van der Waals surface area contributed by atoms with Gasteiger partial charge in [-0.15, -0.1) is 0 Å². The van der Waals surface area contributed by atoms with Gasteiger partial charge in [0.05, 0.1) is 6.20 Å². The minimum Gasteiger partial charge on any atom is -0.482 e. The lowest BCUT2D eigenvalue weighted by Crippen LogP contribution is -2.21. The van der Waals surface area contributed by atoms with E-state index >= 15 is 0 Å². The average Bonchev–Trinajstić information content (AvgIpc) is 3.31. The number of hydrogen-bond donors (Lipinski definition) is 1. The molecule has 1 atom stereocenters. The molecule has 7 nitrogen and oxygen atoms in total. The Morgan fingerprint density at radius 1 is 1.03 bits per heavy atom. The van der Waals surface area contributed by atoms with Crippen LogP contribution < -0.4 is 4.74 Å². The highest BCUT2D eigenvalue weighted by molar-refractivity contribution is 5.68. The van der Waals surface area contributed by atoms with Crippen LogP contribution in [-0.2, 0) is 24.2 Å². The first-order valence-corrected chi connectivity index (χ1v) is 11.4. The third-order valence-corrected chi connectivity index (χ3v) is 6.36. The Kier molecular flexibility index (Phi) is 6.33. The van der Waals surface area contributed by atoms with Crippen LogP contribution in [0.1, 0.15) is 40.2 Å². The molecule has 1 N–H and O–H groups in total. The summed E-state index contributed by atoms with van der Waals surface area (Å²) in [7, 11) is 0. The van der Waals surface area contributed by atoms with Crippen molar-refractivity contribution in [2.45, 2.75) is 31.7 Å². The summed E-state index contributed by atoms with van der Waals surface area (Å²) < 4.78 is 7.54. The van der Waals surface area contributed by atoms with Crippen LogP contribution in [0.15, 0.2) is 79.6 Å². The van der Waals surface area contributed by atoms with Gasteiger partial charge in [0.15, 0.2) is 6.61 Å². The number of benzene rings is 1. The molecule has 1 unspecified atom stereocenters. The van der Waals surface area contributed by atoms with Crippen LogP contribution in [0.3, 0.4) is 0 Å². The molecule has 34 heavy (non-hydrogen) atoms. The van der Waals surface area contributed by atoms with Crippen molar-refractivity contribution in [3.8, 4) is 5.75 Å². The van der Waals surface area contributed by atoms with Crippen molar-refractivity contribution in [1.82, 2.24) is 19.7 Å². The van der Waals surface area contributed by atoms with Gasteiger partial charge in [-0.1, -0.05) is 24.3 Å². The Balaban J connectivity index is 1.33. The Bertz CT molecular complexity index is 1220. The summed E-state index contributed by atoms with van der Waals surface area (Å²) in [5.74, 6) is 0.203. The molecule has 1 aliphatic rings. The maximum absolute atomic E-state index is 10.9. The number of pyridine rings is 2. The maximum Gasteiger partial charge on any atom is 0.341 e. The van der Waals surface area contributed by atoms with Crippen LogP contribution in [0.4, 0.5) is 0 Å². The van der Waals surface area contributed by atoms with Gasteiger partial charge in [0.25, 0.3) is 0 Å². The third kappa shape index (κ3) is 4.83. The van der Waals surface area contributed by atoms with Crippen molar-refractivity contribution >= 4 is 5.97 Å². The first-order valence-electron chi connectivity index (χ1n) is 11.4. The summed E-state index contributed by atoms with van der Waals surface area (Å²) in [6.45, 7) is 0.511. The number of nitrogens with zero attached hydrogens (tertiary/aromatic N) is 4. The fraction of sp³-hybridized carbons (Fsp3) is 0.259. The van der Waals surface area contributed by atoms with Crippen LogP contribution in [0.2, 0.25) is 0 Å². The lowest BCUT2D eigenvalue weighted by molar-refractivity contribution is -0.139. The number of hydrogen-bond acceptors (Lipinski definition) is 5. The molecule has 0 saturated heterocycles. The molecule has 0 bridgehead atoms. The van der Waals surface area contributed by atoms with Gasteiger partial charge in [0.2, 0.25) is 0 Å². The van der Waals surface area contributed by atoms with E-state index in [1.165, 1.54) is 5.56 Å². The van der Waals surface area contributed by atoms with Gasteiger partial charge in [-0.25, -0.2) is 4.79 Å². The Morgan fingerprint density at radius 2 is 1.79 bits per heavy atom. The second kappa shape index (κ2) is 9.87. The normalized spacial score (nSPS) is 15.1. The summed E-state index contributed by atoms with van der Waals surface area (Å²) in [6.07, 6.45) is 14.2. The number of carboxylic acid groups (broad SMARTS) is 1. The molecule has 0 radical (unpaired) electrons. The van der Waals surface area contributed by atoms with E-state index in [1.54, 1.807) is 12.4 Å². The molecular weight excluding hydrogens is 428 g/mol. The Labute approximate surface area is 198 Å². The van der Waals surface area contributed by atoms with Crippen LogP contribution >= 0.6 is 0 Å². The minimum atomic E-state index is -0.961. The zero-order chi connectivity index (χ0) is 23.3. The lowest BCUT2D eigenvalue weighted by atomic mass is 9.83. The average molecular weight is 455 g/mol. The predicted molar refractivity (Wildman–Crippen MR) is 127 cm³/mol. The molecule has 3 aromatic heterocycles. The van der Waals surface area contributed by atoms with E-state index in [1.807, 2.05) is 47.5 Å². The Hall–Kier alpha value is -4.00. The van der Waals surface area contributed by atoms with Crippen LogP contribution in [0.25, 0.3) is 0 Å². The first kappa shape index (κ1) is 21.8.